The van der Waals surface area contributed by atoms with Crippen LogP contribution in [0.2, 0.25) is 0 Å². The third kappa shape index (κ3) is 4.12. The molecular weight excluding hydrogens is 448 g/mol. The number of nitrogens with zero attached hydrogens (tertiary/aromatic N) is 5. The van der Waals surface area contributed by atoms with Crippen molar-refractivity contribution >= 4 is 55.6 Å². The van der Waals surface area contributed by atoms with E-state index in [4.69, 9.17) is 5.73 Å². The van der Waals surface area contributed by atoms with Gasteiger partial charge in [0.2, 0.25) is 5.91 Å². The van der Waals surface area contributed by atoms with Gasteiger partial charge in [-0.15, -0.1) is 11.3 Å². The monoisotopic (exact) mass is 474 g/mol. The van der Waals surface area contributed by atoms with Crippen molar-refractivity contribution in [1.82, 2.24) is 25.1 Å². The van der Waals surface area contributed by atoms with E-state index in [1.54, 1.807) is 41.9 Å². The van der Waals surface area contributed by atoms with Gasteiger partial charge in [0.15, 0.2) is 0 Å². The highest BCUT2D eigenvalue weighted by Gasteiger charge is 2.30. The van der Waals surface area contributed by atoms with E-state index < -0.39 is 0 Å². The van der Waals surface area contributed by atoms with Crippen LogP contribution in [0, 0.1) is 5.92 Å². The number of nitrogens with one attached hydrogen (secondary N) is 2. The van der Waals surface area contributed by atoms with Crippen molar-refractivity contribution in [3.05, 3.63) is 53.4 Å². The summed E-state index contributed by atoms with van der Waals surface area (Å²) in [6.07, 6.45) is 8.90. The molecule has 1 amide bonds. The highest BCUT2D eigenvalue weighted by Crippen LogP contribution is 2.40. The maximum absolute atomic E-state index is 13.1. The van der Waals surface area contributed by atoms with Gasteiger partial charge in [-0.25, -0.2) is 9.97 Å². The lowest BCUT2D eigenvalue weighted by atomic mass is 9.87. The molecule has 0 fully saturated rings. The van der Waals surface area contributed by atoms with Crippen molar-refractivity contribution < 1.29 is 4.79 Å². The minimum Gasteiger partial charge on any atom is -0.405 e. The molecule has 0 saturated heterocycles. The average Bonchev–Trinajstić information content (AvgIpc) is 3.47. The van der Waals surface area contributed by atoms with Gasteiger partial charge in [0.05, 0.1) is 29.4 Å². The van der Waals surface area contributed by atoms with Gasteiger partial charge in [0.1, 0.15) is 17.0 Å². The summed E-state index contributed by atoms with van der Waals surface area (Å²) in [5.41, 5.74) is 9.44. The largest absolute Gasteiger partial charge is 0.405 e. The molecule has 0 bridgehead atoms. The van der Waals surface area contributed by atoms with Crippen LogP contribution < -0.4 is 11.1 Å². The Labute approximate surface area is 200 Å². The Morgan fingerprint density at radius 2 is 2.29 bits per heavy atom. The van der Waals surface area contributed by atoms with Crippen LogP contribution in [0.4, 0.5) is 11.5 Å². The SMILES string of the molecule is CN=C(/C=C\N)CN(C)C(=O)C1CCc2c(sc3ncnc(Nc4ccc5[nH]ncc5c4)c23)C1. The zero-order chi connectivity index (χ0) is 23.7. The molecule has 0 radical (unpaired) electrons. The van der Waals surface area contributed by atoms with Crippen LogP contribution in [-0.4, -0.2) is 57.3 Å². The second-order valence-electron chi connectivity index (χ2n) is 8.41. The zero-order valence-corrected chi connectivity index (χ0v) is 19.9. The number of hydrogen-bond acceptors (Lipinski definition) is 8. The lowest BCUT2D eigenvalue weighted by molar-refractivity contribution is -0.133. The Morgan fingerprint density at radius 1 is 1.41 bits per heavy atom. The topological polar surface area (TPSA) is 125 Å². The number of rotatable bonds is 6. The first-order valence-corrected chi connectivity index (χ1v) is 11.9. The van der Waals surface area contributed by atoms with Crippen LogP contribution in [0.25, 0.3) is 21.1 Å². The van der Waals surface area contributed by atoms with E-state index >= 15 is 0 Å². The first-order chi connectivity index (χ1) is 16.6. The fourth-order valence-electron chi connectivity index (χ4n) is 4.51. The third-order valence-corrected chi connectivity index (χ3v) is 7.41. The number of fused-ring (bicyclic) bond motifs is 4. The predicted molar refractivity (Wildman–Crippen MR) is 137 cm³/mol. The summed E-state index contributed by atoms with van der Waals surface area (Å²) in [7, 11) is 3.53. The molecule has 9 nitrogen and oxygen atoms in total. The smallest absolute Gasteiger partial charge is 0.226 e. The van der Waals surface area contributed by atoms with Crippen molar-refractivity contribution in [2.24, 2.45) is 16.6 Å². The van der Waals surface area contributed by atoms with Crippen molar-refractivity contribution in [2.45, 2.75) is 19.3 Å². The number of aromatic amines is 1. The van der Waals surface area contributed by atoms with Crippen LogP contribution >= 0.6 is 11.3 Å². The number of H-pyrrole nitrogens is 1. The molecule has 3 heterocycles. The summed E-state index contributed by atoms with van der Waals surface area (Å²) in [5.74, 6) is 0.871. The molecule has 5 rings (SSSR count). The molecule has 10 heteroatoms. The van der Waals surface area contributed by atoms with E-state index in [2.05, 4.69) is 30.5 Å². The molecule has 1 aliphatic rings. The maximum Gasteiger partial charge on any atom is 0.226 e. The van der Waals surface area contributed by atoms with Crippen LogP contribution in [-0.2, 0) is 17.6 Å². The average molecular weight is 475 g/mol. The number of amides is 1. The third-order valence-electron chi connectivity index (χ3n) is 6.25. The van der Waals surface area contributed by atoms with Gasteiger partial charge in [0.25, 0.3) is 0 Å². The van der Waals surface area contributed by atoms with Crippen molar-refractivity contribution in [3.63, 3.8) is 0 Å². The number of hydrogen-bond donors (Lipinski definition) is 3. The second-order valence-corrected chi connectivity index (χ2v) is 9.49. The van der Waals surface area contributed by atoms with Gasteiger partial charge in [0, 0.05) is 36.0 Å². The lowest BCUT2D eigenvalue weighted by Gasteiger charge is -2.26. The van der Waals surface area contributed by atoms with Crippen molar-refractivity contribution in [1.29, 1.82) is 0 Å². The van der Waals surface area contributed by atoms with Gasteiger partial charge >= 0.3 is 0 Å². The molecule has 4 N–H and O–H groups in total. The standard InChI is InChI=1S/C24H26N8OS/c1-26-17(7-8-25)12-32(2)24(33)14-3-5-18-20(10-14)34-23-21(18)22(27-13-28-23)30-16-4-6-19-15(9-16)11-29-31-19/h4,6-9,11,13-14H,3,5,10,12,25H2,1-2H3,(H,29,31)(H,27,28,30)/b8-7-,26-17?. The van der Waals surface area contributed by atoms with Crippen LogP contribution in [0.3, 0.4) is 0 Å². The molecule has 1 atom stereocenters. The number of thiophene rings is 1. The second kappa shape index (κ2) is 9.22. The van der Waals surface area contributed by atoms with Gasteiger partial charge in [-0.1, -0.05) is 0 Å². The van der Waals surface area contributed by atoms with E-state index in [9.17, 15) is 4.79 Å². The maximum atomic E-state index is 13.1. The van der Waals surface area contributed by atoms with Gasteiger partial charge in [-0.05, 0) is 55.3 Å². The molecule has 0 spiro atoms. The zero-order valence-electron chi connectivity index (χ0n) is 19.1. The molecule has 3 aromatic heterocycles. The number of aliphatic imine (C=N–C) groups is 1. The molecule has 1 aliphatic carbocycles. The van der Waals surface area contributed by atoms with Gasteiger partial charge in [-0.2, -0.15) is 5.10 Å². The van der Waals surface area contributed by atoms with Crippen LogP contribution in [0.1, 0.15) is 16.9 Å². The van der Waals surface area contributed by atoms with Gasteiger partial charge in [-0.3, -0.25) is 14.9 Å². The number of nitrogens with two attached hydrogens (primary N) is 1. The van der Waals surface area contributed by atoms with Gasteiger partial charge < -0.3 is 16.0 Å². The molecule has 174 valence electrons. The van der Waals surface area contributed by atoms with E-state index in [-0.39, 0.29) is 11.8 Å². The minimum absolute atomic E-state index is 0.0570. The number of aromatic nitrogens is 4. The molecule has 4 aromatic rings. The van der Waals surface area contributed by atoms with Crippen molar-refractivity contribution in [3.8, 4) is 0 Å². The molecule has 1 unspecified atom stereocenters. The lowest BCUT2D eigenvalue weighted by Crippen LogP contribution is -2.38. The summed E-state index contributed by atoms with van der Waals surface area (Å²) in [4.78, 5) is 30.3. The van der Waals surface area contributed by atoms with Crippen LogP contribution in [0.5, 0.6) is 0 Å². The highest BCUT2D eigenvalue weighted by molar-refractivity contribution is 7.19. The Kier molecular flexibility index (Phi) is 5.97. The molecular formula is C24H26N8OS. The fraction of sp³-hybridized carbons (Fsp3) is 0.292. The Hall–Kier alpha value is -3.79. The summed E-state index contributed by atoms with van der Waals surface area (Å²) in [5, 5.41) is 12.6. The number of benzene rings is 1. The number of carbonyl (C=O) groups is 1. The van der Waals surface area contributed by atoms with E-state index in [0.29, 0.717) is 13.0 Å². The summed E-state index contributed by atoms with van der Waals surface area (Å²) < 4.78 is 0. The fourth-order valence-corrected chi connectivity index (χ4v) is 5.78. The van der Waals surface area contributed by atoms with Crippen molar-refractivity contribution in [2.75, 3.05) is 26.0 Å². The normalized spacial score (nSPS) is 16.3. The molecule has 1 aromatic carbocycles. The quantitative estimate of drug-likeness (QED) is 0.368. The number of anilines is 2. The Morgan fingerprint density at radius 3 is 3.12 bits per heavy atom. The Balaban J connectivity index is 1.38. The van der Waals surface area contributed by atoms with E-state index in [1.165, 1.54) is 16.6 Å². The predicted octanol–water partition coefficient (Wildman–Crippen LogP) is 3.42. The minimum atomic E-state index is -0.0570. The number of carbonyl (C=O) groups excluding carboxylic acids is 1. The summed E-state index contributed by atoms with van der Waals surface area (Å²) >= 11 is 1.66. The van der Waals surface area contributed by atoms with Crippen LogP contribution in [0.15, 0.2) is 48.0 Å². The Bertz CT molecular complexity index is 1420. The first kappa shape index (κ1) is 22.0. The first-order valence-electron chi connectivity index (χ1n) is 11.1. The number of aryl methyl sites for hydroxylation is 1. The molecule has 34 heavy (non-hydrogen) atoms. The summed E-state index contributed by atoms with van der Waals surface area (Å²) in [6, 6.07) is 6.05. The van der Waals surface area contributed by atoms with E-state index in [0.717, 1.165) is 51.2 Å². The van der Waals surface area contributed by atoms with E-state index in [1.807, 2.05) is 25.2 Å². The summed E-state index contributed by atoms with van der Waals surface area (Å²) in [6.45, 7) is 0.444. The highest BCUT2D eigenvalue weighted by atomic mass is 32.1. The molecule has 0 saturated carbocycles. The molecule has 0 aliphatic heterocycles.